The summed E-state index contributed by atoms with van der Waals surface area (Å²) in [6.45, 7) is 5.45. The number of nitriles is 1. The first-order chi connectivity index (χ1) is 17.2. The molecule has 0 saturated carbocycles. The van der Waals surface area contributed by atoms with Crippen molar-refractivity contribution < 1.29 is 19.1 Å². The fourth-order valence-electron chi connectivity index (χ4n) is 3.46. The monoisotopic (exact) mass is 503 g/mol. The lowest BCUT2D eigenvalue weighted by Gasteiger charge is -2.14. The van der Waals surface area contributed by atoms with E-state index in [1.54, 1.807) is 18.2 Å². The molecule has 36 heavy (non-hydrogen) atoms. The lowest BCUT2D eigenvalue weighted by molar-refractivity contribution is -0.118. The van der Waals surface area contributed by atoms with Gasteiger partial charge in [0.2, 0.25) is 0 Å². The quantitative estimate of drug-likeness (QED) is 0.297. The lowest BCUT2D eigenvalue weighted by Crippen LogP contribution is -2.21. The van der Waals surface area contributed by atoms with E-state index in [0.717, 1.165) is 16.7 Å². The van der Waals surface area contributed by atoms with Crippen LogP contribution in [0.4, 0.5) is 11.4 Å². The van der Waals surface area contributed by atoms with E-state index in [2.05, 4.69) is 10.6 Å². The van der Waals surface area contributed by atoms with Gasteiger partial charge in [0, 0.05) is 11.4 Å². The van der Waals surface area contributed by atoms with E-state index in [0.29, 0.717) is 16.9 Å². The second-order valence-corrected chi connectivity index (χ2v) is 8.54. The van der Waals surface area contributed by atoms with E-state index in [4.69, 9.17) is 21.1 Å². The summed E-state index contributed by atoms with van der Waals surface area (Å²) in [6.07, 6.45) is 1.40. The molecule has 0 fully saturated rings. The number of rotatable bonds is 8. The van der Waals surface area contributed by atoms with Crippen molar-refractivity contribution in [1.29, 1.82) is 5.26 Å². The SMILES string of the molecule is COc1cc(/C=C(/C#N)C(=O)Nc2ccccc2C)cc(Cl)c1OCC(=O)Nc1ccc(C)cc1C. The van der Waals surface area contributed by atoms with Gasteiger partial charge in [-0.25, -0.2) is 0 Å². The van der Waals surface area contributed by atoms with Crippen molar-refractivity contribution in [3.63, 3.8) is 0 Å². The molecule has 0 aliphatic carbocycles. The van der Waals surface area contributed by atoms with Gasteiger partial charge in [0.1, 0.15) is 11.6 Å². The second kappa shape index (κ2) is 11.9. The number of carbonyl (C=O) groups excluding carboxylic acids is 2. The number of hydrogen-bond donors (Lipinski definition) is 2. The minimum atomic E-state index is -0.551. The van der Waals surface area contributed by atoms with Crippen LogP contribution < -0.4 is 20.1 Å². The number of aryl methyl sites for hydroxylation is 3. The van der Waals surface area contributed by atoms with Crippen LogP contribution in [0.1, 0.15) is 22.3 Å². The van der Waals surface area contributed by atoms with Gasteiger partial charge in [-0.15, -0.1) is 0 Å². The first-order valence-corrected chi connectivity index (χ1v) is 11.5. The number of benzene rings is 3. The predicted octanol–water partition coefficient (Wildman–Crippen LogP) is 5.84. The van der Waals surface area contributed by atoms with E-state index in [-0.39, 0.29) is 34.6 Å². The number of nitrogens with one attached hydrogen (secondary N) is 2. The molecule has 184 valence electrons. The zero-order chi connectivity index (χ0) is 26.2. The summed E-state index contributed by atoms with van der Waals surface area (Å²) in [5, 5.41) is 15.2. The predicted molar refractivity (Wildman–Crippen MR) is 141 cm³/mol. The number of carbonyl (C=O) groups is 2. The number of hydrogen-bond acceptors (Lipinski definition) is 5. The normalized spacial score (nSPS) is 10.8. The number of halogens is 1. The smallest absolute Gasteiger partial charge is 0.266 e. The van der Waals surface area contributed by atoms with Crippen LogP contribution in [0, 0.1) is 32.1 Å². The van der Waals surface area contributed by atoms with Crippen molar-refractivity contribution in [2.24, 2.45) is 0 Å². The summed E-state index contributed by atoms with van der Waals surface area (Å²) < 4.78 is 11.0. The summed E-state index contributed by atoms with van der Waals surface area (Å²) in [4.78, 5) is 25.1. The third kappa shape index (κ3) is 6.65. The third-order valence-corrected chi connectivity index (χ3v) is 5.61. The Labute approximate surface area is 215 Å². The van der Waals surface area contributed by atoms with E-state index in [1.165, 1.54) is 19.3 Å². The highest BCUT2D eigenvalue weighted by Crippen LogP contribution is 2.37. The Kier molecular flexibility index (Phi) is 8.71. The zero-order valence-corrected chi connectivity index (χ0v) is 21.2. The first kappa shape index (κ1) is 26.3. The fraction of sp³-hybridized carbons (Fsp3) is 0.179. The second-order valence-electron chi connectivity index (χ2n) is 8.13. The van der Waals surface area contributed by atoms with Crippen LogP contribution in [0.25, 0.3) is 6.08 Å². The van der Waals surface area contributed by atoms with Gasteiger partial charge in [0.05, 0.1) is 12.1 Å². The average Bonchev–Trinajstić information content (AvgIpc) is 2.84. The van der Waals surface area contributed by atoms with Gasteiger partial charge in [-0.05, 0) is 67.8 Å². The van der Waals surface area contributed by atoms with Crippen LogP contribution in [0.5, 0.6) is 11.5 Å². The molecule has 0 aromatic heterocycles. The van der Waals surface area contributed by atoms with E-state index in [1.807, 2.05) is 57.2 Å². The molecule has 3 aromatic carbocycles. The van der Waals surface area contributed by atoms with Crippen LogP contribution in [-0.2, 0) is 9.59 Å². The Bertz CT molecular complexity index is 1380. The Hall–Kier alpha value is -4.28. The van der Waals surface area contributed by atoms with Crippen molar-refractivity contribution >= 4 is 40.9 Å². The number of ether oxygens (including phenoxy) is 2. The number of nitrogens with zero attached hydrogens (tertiary/aromatic N) is 1. The van der Waals surface area contributed by atoms with Gasteiger partial charge in [-0.1, -0.05) is 47.5 Å². The maximum absolute atomic E-state index is 12.6. The minimum Gasteiger partial charge on any atom is -0.493 e. The first-order valence-electron chi connectivity index (χ1n) is 11.1. The molecule has 7 nitrogen and oxygen atoms in total. The molecule has 0 unspecified atom stereocenters. The Morgan fingerprint density at radius 3 is 2.39 bits per heavy atom. The molecule has 0 aliphatic rings. The van der Waals surface area contributed by atoms with Crippen LogP contribution in [-0.4, -0.2) is 25.5 Å². The molecular formula is C28H26ClN3O4. The minimum absolute atomic E-state index is 0.113. The van der Waals surface area contributed by atoms with Crippen LogP contribution in [0.15, 0.2) is 60.2 Å². The van der Waals surface area contributed by atoms with E-state index >= 15 is 0 Å². The van der Waals surface area contributed by atoms with Gasteiger partial charge < -0.3 is 20.1 Å². The van der Waals surface area contributed by atoms with Crippen molar-refractivity contribution in [3.8, 4) is 17.6 Å². The van der Waals surface area contributed by atoms with Gasteiger partial charge in [-0.2, -0.15) is 5.26 Å². The van der Waals surface area contributed by atoms with Gasteiger partial charge in [-0.3, -0.25) is 9.59 Å². The molecule has 8 heteroatoms. The van der Waals surface area contributed by atoms with E-state index in [9.17, 15) is 14.9 Å². The third-order valence-electron chi connectivity index (χ3n) is 5.32. The molecule has 0 aliphatic heterocycles. The molecule has 0 bridgehead atoms. The van der Waals surface area contributed by atoms with Crippen LogP contribution in [0.3, 0.4) is 0 Å². The zero-order valence-electron chi connectivity index (χ0n) is 20.4. The largest absolute Gasteiger partial charge is 0.493 e. The molecule has 0 radical (unpaired) electrons. The molecule has 0 saturated heterocycles. The highest BCUT2D eigenvalue weighted by atomic mass is 35.5. The summed E-state index contributed by atoms with van der Waals surface area (Å²) in [5.74, 6) is -0.478. The van der Waals surface area contributed by atoms with Gasteiger partial charge in [0.15, 0.2) is 18.1 Å². The summed E-state index contributed by atoms with van der Waals surface area (Å²) in [5.41, 5.74) is 4.56. The fourth-order valence-corrected chi connectivity index (χ4v) is 3.73. The molecule has 2 N–H and O–H groups in total. The molecule has 0 atom stereocenters. The maximum Gasteiger partial charge on any atom is 0.266 e. The molecule has 3 aromatic rings. The Morgan fingerprint density at radius 2 is 1.72 bits per heavy atom. The summed E-state index contributed by atoms with van der Waals surface area (Å²) in [7, 11) is 1.43. The molecule has 0 heterocycles. The van der Waals surface area contributed by atoms with Crippen molar-refractivity contribution in [3.05, 3.63) is 87.4 Å². The van der Waals surface area contributed by atoms with Crippen molar-refractivity contribution in [2.45, 2.75) is 20.8 Å². The van der Waals surface area contributed by atoms with E-state index < -0.39 is 5.91 Å². The maximum atomic E-state index is 12.6. The topological polar surface area (TPSA) is 100 Å². The Balaban J connectivity index is 1.75. The molecular weight excluding hydrogens is 478 g/mol. The number of amides is 2. The van der Waals surface area contributed by atoms with Crippen LogP contribution in [0.2, 0.25) is 5.02 Å². The van der Waals surface area contributed by atoms with Crippen molar-refractivity contribution in [2.75, 3.05) is 24.4 Å². The Morgan fingerprint density at radius 1 is 1.00 bits per heavy atom. The molecule has 2 amide bonds. The van der Waals surface area contributed by atoms with Crippen molar-refractivity contribution in [1.82, 2.24) is 0 Å². The highest BCUT2D eigenvalue weighted by molar-refractivity contribution is 6.32. The summed E-state index contributed by atoms with van der Waals surface area (Å²) >= 11 is 6.41. The van der Waals surface area contributed by atoms with Crippen LogP contribution >= 0.6 is 11.6 Å². The highest BCUT2D eigenvalue weighted by Gasteiger charge is 2.16. The molecule has 0 spiro atoms. The standard InChI is InChI=1S/C28H26ClN3O4/c1-17-9-10-24(19(3)11-17)31-26(33)16-36-27-22(29)13-20(14-25(27)35-4)12-21(15-30)28(34)32-23-8-6-5-7-18(23)2/h5-14H,16H2,1-4H3,(H,31,33)(H,32,34)/b21-12-. The van der Waals surface area contributed by atoms with Gasteiger partial charge in [0.25, 0.3) is 11.8 Å². The lowest BCUT2D eigenvalue weighted by atomic mass is 10.1. The van der Waals surface area contributed by atoms with Gasteiger partial charge >= 0.3 is 0 Å². The summed E-state index contributed by atoms with van der Waals surface area (Å²) in [6, 6.07) is 18.0. The average molecular weight is 504 g/mol. The number of anilines is 2. The number of para-hydroxylation sites is 1. The molecule has 3 rings (SSSR count). The number of methoxy groups -OCH3 is 1.